The van der Waals surface area contributed by atoms with Crippen molar-refractivity contribution in [2.45, 2.75) is 16.6 Å². The summed E-state index contributed by atoms with van der Waals surface area (Å²) in [6.45, 7) is 1.47. The van der Waals surface area contributed by atoms with Crippen LogP contribution in [0, 0.1) is 0 Å². The molecule has 0 saturated heterocycles. The number of thiol groups is 1. The van der Waals surface area contributed by atoms with Gasteiger partial charge in [-0.25, -0.2) is 0 Å². The van der Waals surface area contributed by atoms with Crippen molar-refractivity contribution in [3.8, 4) is 0 Å². The Morgan fingerprint density at radius 1 is 1.57 bits per heavy atom. The van der Waals surface area contributed by atoms with Gasteiger partial charge in [-0.1, -0.05) is 28.1 Å². The quantitative estimate of drug-likeness (QED) is 0.522. The number of carbonyl (C=O) groups excluding carboxylic acids is 2. The van der Waals surface area contributed by atoms with Crippen molar-refractivity contribution >= 4 is 40.6 Å². The van der Waals surface area contributed by atoms with Gasteiger partial charge in [0.15, 0.2) is 0 Å². The van der Waals surface area contributed by atoms with E-state index in [0.717, 1.165) is 6.29 Å². The maximum Gasteiger partial charge on any atom is 0.150 e. The first-order valence-electron chi connectivity index (χ1n) is 3.99. The Morgan fingerprint density at radius 2 is 2.21 bits per heavy atom. The number of benzene rings is 1. The number of carbonyl (C=O) groups is 2. The number of alkyl halides is 1. The number of Topliss-reactive ketones (excluding diaryl/α,β-unsaturated/α-hetero) is 1. The average Bonchev–Trinajstić information content (AvgIpc) is 2.16. The fourth-order valence-corrected chi connectivity index (χ4v) is 2.18. The van der Waals surface area contributed by atoms with Crippen LogP contribution in [0.15, 0.2) is 23.1 Å². The standard InChI is InChI=1S/C10H9BrO2S/c1-6(13)10(11)9-7(5-12)3-2-4-8(9)14/h2-5,10,14H,1H3. The predicted molar refractivity (Wildman–Crippen MR) is 61.4 cm³/mol. The highest BCUT2D eigenvalue weighted by Crippen LogP contribution is 2.31. The van der Waals surface area contributed by atoms with Crippen molar-refractivity contribution in [1.29, 1.82) is 0 Å². The van der Waals surface area contributed by atoms with E-state index < -0.39 is 4.83 Å². The molecule has 0 spiro atoms. The zero-order chi connectivity index (χ0) is 10.7. The molecule has 14 heavy (non-hydrogen) atoms. The van der Waals surface area contributed by atoms with Gasteiger partial charge in [-0.2, -0.15) is 0 Å². The van der Waals surface area contributed by atoms with E-state index in [1.807, 2.05) is 0 Å². The molecule has 0 fully saturated rings. The summed E-state index contributed by atoms with van der Waals surface area (Å²) in [5.74, 6) is -0.0467. The van der Waals surface area contributed by atoms with E-state index >= 15 is 0 Å². The topological polar surface area (TPSA) is 34.1 Å². The second-order valence-electron chi connectivity index (χ2n) is 2.87. The van der Waals surface area contributed by atoms with Crippen LogP contribution in [0.4, 0.5) is 0 Å². The normalized spacial score (nSPS) is 12.2. The fraction of sp³-hybridized carbons (Fsp3) is 0.200. The Balaban J connectivity index is 3.30. The van der Waals surface area contributed by atoms with E-state index in [9.17, 15) is 9.59 Å². The smallest absolute Gasteiger partial charge is 0.150 e. The van der Waals surface area contributed by atoms with Gasteiger partial charge in [0, 0.05) is 10.5 Å². The van der Waals surface area contributed by atoms with Crippen molar-refractivity contribution in [2.75, 3.05) is 0 Å². The number of rotatable bonds is 3. The molecule has 1 rings (SSSR count). The highest BCUT2D eigenvalue weighted by molar-refractivity contribution is 9.09. The first-order chi connectivity index (χ1) is 6.57. The van der Waals surface area contributed by atoms with Crippen LogP contribution in [-0.2, 0) is 4.79 Å². The molecule has 0 aromatic heterocycles. The van der Waals surface area contributed by atoms with Crippen molar-refractivity contribution in [2.24, 2.45) is 0 Å². The Bertz CT molecular complexity index is 376. The molecule has 74 valence electrons. The summed E-state index contributed by atoms with van der Waals surface area (Å²) < 4.78 is 0. The lowest BCUT2D eigenvalue weighted by molar-refractivity contribution is -0.116. The molecule has 1 aromatic rings. The summed E-state index contributed by atoms with van der Waals surface area (Å²) in [5, 5.41) is 0. The van der Waals surface area contributed by atoms with E-state index in [-0.39, 0.29) is 5.78 Å². The van der Waals surface area contributed by atoms with Gasteiger partial charge >= 0.3 is 0 Å². The molecule has 0 radical (unpaired) electrons. The molecule has 0 heterocycles. The van der Waals surface area contributed by atoms with Crippen LogP contribution in [0.1, 0.15) is 27.7 Å². The van der Waals surface area contributed by atoms with E-state index in [0.29, 0.717) is 16.0 Å². The molecule has 1 atom stereocenters. The summed E-state index contributed by atoms with van der Waals surface area (Å²) in [7, 11) is 0. The summed E-state index contributed by atoms with van der Waals surface area (Å²) in [4.78, 5) is 22.1. The maximum absolute atomic E-state index is 11.2. The van der Waals surface area contributed by atoms with Crippen LogP contribution in [-0.4, -0.2) is 12.1 Å². The molecule has 0 aliphatic heterocycles. The lowest BCUT2D eigenvalue weighted by Gasteiger charge is -2.11. The molecule has 0 saturated carbocycles. The first kappa shape index (κ1) is 11.5. The second kappa shape index (κ2) is 4.75. The third kappa shape index (κ3) is 2.25. The van der Waals surface area contributed by atoms with Crippen molar-refractivity contribution in [1.82, 2.24) is 0 Å². The lowest BCUT2D eigenvalue weighted by Crippen LogP contribution is -2.05. The van der Waals surface area contributed by atoms with Crippen LogP contribution < -0.4 is 0 Å². The maximum atomic E-state index is 11.2. The summed E-state index contributed by atoms with van der Waals surface area (Å²) >= 11 is 7.45. The van der Waals surface area contributed by atoms with Gasteiger partial charge in [-0.05, 0) is 18.6 Å². The van der Waals surface area contributed by atoms with Gasteiger partial charge in [-0.3, -0.25) is 9.59 Å². The van der Waals surface area contributed by atoms with Crippen molar-refractivity contribution < 1.29 is 9.59 Å². The monoisotopic (exact) mass is 272 g/mol. The molecular formula is C10H9BrO2S. The molecule has 1 unspecified atom stereocenters. The molecule has 0 bridgehead atoms. The average molecular weight is 273 g/mol. The largest absolute Gasteiger partial charge is 0.298 e. The van der Waals surface area contributed by atoms with E-state index in [2.05, 4.69) is 28.6 Å². The zero-order valence-electron chi connectivity index (χ0n) is 7.53. The number of hydrogen-bond donors (Lipinski definition) is 1. The van der Waals surface area contributed by atoms with Gasteiger partial charge in [0.05, 0.1) is 4.83 Å². The van der Waals surface area contributed by atoms with Crippen LogP contribution in [0.25, 0.3) is 0 Å². The minimum absolute atomic E-state index is 0.0467. The third-order valence-corrected chi connectivity index (χ3v) is 3.35. The first-order valence-corrected chi connectivity index (χ1v) is 5.35. The summed E-state index contributed by atoms with van der Waals surface area (Å²) in [6, 6.07) is 5.15. The summed E-state index contributed by atoms with van der Waals surface area (Å²) in [5.41, 5.74) is 1.13. The van der Waals surface area contributed by atoms with Gasteiger partial charge < -0.3 is 0 Å². The number of halogens is 1. The molecular weight excluding hydrogens is 264 g/mol. The van der Waals surface area contributed by atoms with Crippen LogP contribution >= 0.6 is 28.6 Å². The molecule has 0 amide bonds. The molecule has 4 heteroatoms. The molecule has 2 nitrogen and oxygen atoms in total. The van der Waals surface area contributed by atoms with Crippen molar-refractivity contribution in [3.05, 3.63) is 29.3 Å². The van der Waals surface area contributed by atoms with Crippen LogP contribution in [0.3, 0.4) is 0 Å². The molecule has 0 aliphatic carbocycles. The zero-order valence-corrected chi connectivity index (χ0v) is 10.0. The molecule has 0 N–H and O–H groups in total. The van der Waals surface area contributed by atoms with Crippen LogP contribution in [0.5, 0.6) is 0 Å². The lowest BCUT2D eigenvalue weighted by atomic mass is 10.0. The third-order valence-electron chi connectivity index (χ3n) is 1.85. The van der Waals surface area contributed by atoms with Crippen LogP contribution in [0.2, 0.25) is 0 Å². The fourth-order valence-electron chi connectivity index (χ4n) is 1.15. The highest BCUT2D eigenvalue weighted by atomic mass is 79.9. The Morgan fingerprint density at radius 3 is 2.71 bits per heavy atom. The van der Waals surface area contributed by atoms with Gasteiger partial charge in [0.1, 0.15) is 12.1 Å². The van der Waals surface area contributed by atoms with E-state index in [1.54, 1.807) is 18.2 Å². The predicted octanol–water partition coefficient (Wildman–Crippen LogP) is 2.81. The van der Waals surface area contributed by atoms with Gasteiger partial charge in [0.25, 0.3) is 0 Å². The molecule has 0 aliphatic rings. The minimum Gasteiger partial charge on any atom is -0.298 e. The van der Waals surface area contributed by atoms with E-state index in [1.165, 1.54) is 6.92 Å². The Labute approximate surface area is 96.2 Å². The van der Waals surface area contributed by atoms with Gasteiger partial charge in [0.2, 0.25) is 0 Å². The Kier molecular flexibility index (Phi) is 3.89. The van der Waals surface area contributed by atoms with E-state index in [4.69, 9.17) is 0 Å². The highest BCUT2D eigenvalue weighted by Gasteiger charge is 2.18. The SMILES string of the molecule is CC(=O)C(Br)c1c(S)cccc1C=O. The Hall–Kier alpha value is -0.610. The summed E-state index contributed by atoms with van der Waals surface area (Å²) in [6.07, 6.45) is 0.728. The van der Waals surface area contributed by atoms with Gasteiger partial charge in [-0.15, -0.1) is 12.6 Å². The number of ketones is 1. The van der Waals surface area contributed by atoms with Crippen molar-refractivity contribution in [3.63, 3.8) is 0 Å². The number of aldehydes is 1. The number of hydrogen-bond acceptors (Lipinski definition) is 3. The second-order valence-corrected chi connectivity index (χ2v) is 4.27. The molecule has 1 aromatic carbocycles. The minimum atomic E-state index is -0.462.